The van der Waals surface area contributed by atoms with Gasteiger partial charge in [0.15, 0.2) is 0 Å². The van der Waals surface area contributed by atoms with Gasteiger partial charge in [0.25, 0.3) is 0 Å². The first-order valence-corrected chi connectivity index (χ1v) is 5.32. The third kappa shape index (κ3) is 3.42. The fourth-order valence-corrected chi connectivity index (χ4v) is 1.60. The molecule has 0 amide bonds. The number of ether oxygens (including phenoxy) is 1. The first kappa shape index (κ1) is 12.9. The van der Waals surface area contributed by atoms with Crippen LogP contribution < -0.4 is 15.3 Å². The molecule has 0 saturated heterocycles. The molecule has 0 spiro atoms. The fraction of sp³-hybridized carbons (Fsp3) is 0.143. The van der Waals surface area contributed by atoms with Gasteiger partial charge in [-0.1, -0.05) is 11.5 Å². The summed E-state index contributed by atoms with van der Waals surface area (Å²) in [6.07, 6.45) is -5.02. The molecule has 0 aliphatic heterocycles. The summed E-state index contributed by atoms with van der Waals surface area (Å²) < 4.78 is 61.2. The molecule has 0 aliphatic carbocycles. The Kier molecular flexibility index (Phi) is 3.20. The number of hydrogen-bond donors (Lipinski definition) is 1. The molecular formula is C7H5BF3NO3S. The molecule has 0 bridgehead atoms. The van der Waals surface area contributed by atoms with Gasteiger partial charge in [-0.25, -0.2) is 13.6 Å². The van der Waals surface area contributed by atoms with Crippen molar-refractivity contribution in [1.82, 2.24) is 0 Å². The number of benzene rings is 1. The molecule has 0 heterocycles. The summed E-state index contributed by atoms with van der Waals surface area (Å²) in [5.41, 5.74) is -0.0772. The zero-order chi connectivity index (χ0) is 12.6. The second-order valence-corrected chi connectivity index (χ2v) is 4.33. The van der Waals surface area contributed by atoms with Crippen LogP contribution in [-0.4, -0.2) is 22.6 Å². The van der Waals surface area contributed by atoms with Crippen LogP contribution in [0.1, 0.15) is 0 Å². The van der Waals surface area contributed by atoms with Crippen molar-refractivity contribution in [2.24, 2.45) is 5.14 Å². The smallest absolute Gasteiger partial charge is 0.404 e. The highest BCUT2D eigenvalue weighted by Gasteiger charge is 2.33. The van der Waals surface area contributed by atoms with Crippen LogP contribution in [0.3, 0.4) is 0 Å². The van der Waals surface area contributed by atoms with Gasteiger partial charge in [-0.15, -0.1) is 13.2 Å². The number of rotatable bonds is 2. The summed E-state index contributed by atoms with van der Waals surface area (Å²) in [5, 5.41) is 4.71. The van der Waals surface area contributed by atoms with E-state index in [1.807, 2.05) is 0 Å². The normalized spacial score (nSPS) is 12.5. The van der Waals surface area contributed by atoms with E-state index in [0.717, 1.165) is 18.2 Å². The van der Waals surface area contributed by atoms with E-state index in [-0.39, 0.29) is 5.46 Å². The predicted octanol–water partition coefficient (Wildman–Crippen LogP) is 0.0264. The maximum atomic E-state index is 11.9. The van der Waals surface area contributed by atoms with E-state index in [0.29, 0.717) is 0 Å². The summed E-state index contributed by atoms with van der Waals surface area (Å²) in [4.78, 5) is -0.779. The average molecular weight is 251 g/mol. The fourth-order valence-electron chi connectivity index (χ4n) is 0.964. The van der Waals surface area contributed by atoms with Crippen molar-refractivity contribution in [2.75, 3.05) is 0 Å². The Morgan fingerprint density at radius 1 is 1.31 bits per heavy atom. The molecule has 0 saturated carbocycles. The average Bonchev–Trinajstić information content (AvgIpc) is 1.97. The second-order valence-electron chi connectivity index (χ2n) is 2.80. The Bertz CT molecular complexity index is 500. The maximum absolute atomic E-state index is 11.9. The summed E-state index contributed by atoms with van der Waals surface area (Å²) in [7, 11) is 0.903. The molecule has 0 aromatic heterocycles. The minimum absolute atomic E-state index is 0.0772. The number of primary sulfonamides is 1. The predicted molar refractivity (Wildman–Crippen MR) is 49.9 cm³/mol. The number of sulfonamides is 1. The van der Waals surface area contributed by atoms with Crippen LogP contribution in [0.5, 0.6) is 5.75 Å². The highest BCUT2D eigenvalue weighted by molar-refractivity contribution is 7.89. The Labute approximate surface area is 90.7 Å². The Morgan fingerprint density at radius 3 is 2.31 bits per heavy atom. The summed E-state index contributed by atoms with van der Waals surface area (Å²) in [5.74, 6) is -0.949. The van der Waals surface area contributed by atoms with Gasteiger partial charge in [-0.3, -0.25) is 0 Å². The maximum Gasteiger partial charge on any atom is 0.573 e. The lowest BCUT2D eigenvalue weighted by Gasteiger charge is -2.12. The van der Waals surface area contributed by atoms with Crippen molar-refractivity contribution in [1.29, 1.82) is 0 Å². The van der Waals surface area contributed by atoms with Crippen molar-refractivity contribution in [3.8, 4) is 5.75 Å². The van der Waals surface area contributed by atoms with Gasteiger partial charge in [-0.05, 0) is 12.1 Å². The first-order valence-electron chi connectivity index (χ1n) is 3.78. The Balaban J connectivity index is 3.30. The molecule has 1 aromatic carbocycles. The topological polar surface area (TPSA) is 69.4 Å². The van der Waals surface area contributed by atoms with Crippen LogP contribution in [0, 0.1) is 0 Å². The lowest BCUT2D eigenvalue weighted by atomic mass is 9.96. The van der Waals surface area contributed by atoms with Gasteiger partial charge in [0.1, 0.15) is 18.5 Å². The number of nitrogens with two attached hydrogens (primary N) is 1. The van der Waals surface area contributed by atoms with E-state index in [1.54, 1.807) is 0 Å². The van der Waals surface area contributed by atoms with Crippen molar-refractivity contribution in [3.63, 3.8) is 0 Å². The molecule has 1 rings (SSSR count). The molecule has 4 nitrogen and oxygen atoms in total. The molecular weight excluding hydrogens is 246 g/mol. The monoisotopic (exact) mass is 251 g/mol. The number of hydrogen-bond acceptors (Lipinski definition) is 3. The summed E-state index contributed by atoms with van der Waals surface area (Å²) >= 11 is 0. The molecule has 0 fully saturated rings. The SMILES string of the molecule is [B]c1ccc(S(N)(=O)=O)c(OC(F)(F)F)c1. The third-order valence-electron chi connectivity index (χ3n) is 1.50. The van der Waals surface area contributed by atoms with Gasteiger partial charge < -0.3 is 4.74 Å². The molecule has 0 unspecified atom stereocenters. The lowest BCUT2D eigenvalue weighted by molar-refractivity contribution is -0.275. The van der Waals surface area contributed by atoms with Gasteiger partial charge >= 0.3 is 6.36 Å². The van der Waals surface area contributed by atoms with Crippen LogP contribution in [0.4, 0.5) is 13.2 Å². The van der Waals surface area contributed by atoms with E-state index in [4.69, 9.17) is 13.0 Å². The minimum atomic E-state index is -5.02. The van der Waals surface area contributed by atoms with Crippen LogP contribution in [-0.2, 0) is 10.0 Å². The van der Waals surface area contributed by atoms with Crippen molar-refractivity contribution >= 4 is 23.3 Å². The van der Waals surface area contributed by atoms with E-state index < -0.39 is 27.0 Å². The molecule has 2 radical (unpaired) electrons. The Morgan fingerprint density at radius 2 is 1.88 bits per heavy atom. The number of halogens is 3. The molecule has 16 heavy (non-hydrogen) atoms. The quantitative estimate of drug-likeness (QED) is 0.753. The highest BCUT2D eigenvalue weighted by Crippen LogP contribution is 2.27. The highest BCUT2D eigenvalue weighted by atomic mass is 32.2. The van der Waals surface area contributed by atoms with Gasteiger partial charge in [0.05, 0.1) is 0 Å². The third-order valence-corrected chi connectivity index (χ3v) is 2.45. The summed E-state index contributed by atoms with van der Waals surface area (Å²) in [6.45, 7) is 0. The van der Waals surface area contributed by atoms with Crippen molar-refractivity contribution in [3.05, 3.63) is 18.2 Å². The Hall–Kier alpha value is -1.22. The molecule has 86 valence electrons. The summed E-state index contributed by atoms with van der Waals surface area (Å²) in [6, 6.07) is 2.67. The lowest BCUT2D eigenvalue weighted by Crippen LogP contribution is -2.22. The van der Waals surface area contributed by atoms with Crippen molar-refractivity contribution < 1.29 is 26.3 Å². The zero-order valence-electron chi connectivity index (χ0n) is 7.65. The van der Waals surface area contributed by atoms with E-state index in [9.17, 15) is 21.6 Å². The zero-order valence-corrected chi connectivity index (χ0v) is 8.47. The van der Waals surface area contributed by atoms with E-state index in [2.05, 4.69) is 4.74 Å². The standard InChI is InChI=1S/C7H5BF3NO3S/c8-4-1-2-6(16(12,13)14)5(3-4)15-7(9,10)11/h1-3H,(H2,12,13,14). The van der Waals surface area contributed by atoms with Gasteiger partial charge in [0, 0.05) is 0 Å². The van der Waals surface area contributed by atoms with E-state index in [1.165, 1.54) is 0 Å². The second kappa shape index (κ2) is 3.98. The van der Waals surface area contributed by atoms with Crippen LogP contribution in [0.25, 0.3) is 0 Å². The van der Waals surface area contributed by atoms with E-state index >= 15 is 0 Å². The van der Waals surface area contributed by atoms with Gasteiger partial charge in [0.2, 0.25) is 10.0 Å². The largest absolute Gasteiger partial charge is 0.573 e. The number of alkyl halides is 3. The molecule has 1 aromatic rings. The minimum Gasteiger partial charge on any atom is -0.404 e. The van der Waals surface area contributed by atoms with Crippen molar-refractivity contribution in [2.45, 2.75) is 11.3 Å². The molecule has 2 N–H and O–H groups in total. The van der Waals surface area contributed by atoms with Gasteiger partial charge in [-0.2, -0.15) is 0 Å². The molecule has 9 heteroatoms. The molecule has 0 atom stereocenters. The first-order chi connectivity index (χ1) is 7.09. The van der Waals surface area contributed by atoms with Crippen LogP contribution in [0.15, 0.2) is 23.1 Å². The van der Waals surface area contributed by atoms with Crippen LogP contribution in [0.2, 0.25) is 0 Å². The van der Waals surface area contributed by atoms with Crippen LogP contribution >= 0.6 is 0 Å². The molecule has 0 aliphatic rings.